The molecule has 2 aromatic rings. The van der Waals surface area contributed by atoms with Crippen LogP contribution in [0.15, 0.2) is 23.1 Å². The van der Waals surface area contributed by atoms with E-state index < -0.39 is 0 Å². The van der Waals surface area contributed by atoms with Gasteiger partial charge in [-0.2, -0.15) is 5.26 Å². The van der Waals surface area contributed by atoms with Crippen LogP contribution in [0.2, 0.25) is 0 Å². The maximum atomic E-state index is 12.1. The molecule has 0 unspecified atom stereocenters. The number of H-pyrrole nitrogens is 1. The molecule has 0 aromatic carbocycles. The number of aromatic nitrogens is 2. The van der Waals surface area contributed by atoms with E-state index in [1.165, 1.54) is 12.8 Å². The van der Waals surface area contributed by atoms with Crippen LogP contribution in [0, 0.1) is 11.3 Å². The standard InChI is InChI=1S/C15H16N4O/c16-10-12-13(19-8-3-1-2-4-9-19)11-6-5-7-17-14(11)18-15(12)20/h5-7H,1-4,8-9H2,(H,17,18,20). The van der Waals surface area contributed by atoms with Crippen LogP contribution in [-0.4, -0.2) is 23.1 Å². The van der Waals surface area contributed by atoms with E-state index in [2.05, 4.69) is 20.9 Å². The van der Waals surface area contributed by atoms with Gasteiger partial charge in [-0.3, -0.25) is 4.79 Å². The average molecular weight is 268 g/mol. The second-order valence-corrected chi connectivity index (χ2v) is 5.09. The molecule has 0 atom stereocenters. The molecule has 102 valence electrons. The summed E-state index contributed by atoms with van der Waals surface area (Å²) in [5.74, 6) is 0. The van der Waals surface area contributed by atoms with Gasteiger partial charge in [0, 0.05) is 24.7 Å². The van der Waals surface area contributed by atoms with Crippen LogP contribution in [0.5, 0.6) is 0 Å². The first-order valence-corrected chi connectivity index (χ1v) is 6.97. The summed E-state index contributed by atoms with van der Waals surface area (Å²) in [7, 11) is 0. The Kier molecular flexibility index (Phi) is 3.38. The minimum absolute atomic E-state index is 0.201. The summed E-state index contributed by atoms with van der Waals surface area (Å²) in [5, 5.41) is 10.2. The van der Waals surface area contributed by atoms with Crippen molar-refractivity contribution in [1.29, 1.82) is 5.26 Å². The summed E-state index contributed by atoms with van der Waals surface area (Å²) in [6.45, 7) is 1.78. The first-order valence-electron chi connectivity index (χ1n) is 6.97. The first kappa shape index (κ1) is 12.7. The lowest BCUT2D eigenvalue weighted by Crippen LogP contribution is -2.28. The molecule has 1 aliphatic rings. The maximum Gasteiger partial charge on any atom is 0.269 e. The minimum Gasteiger partial charge on any atom is -0.370 e. The third-order valence-electron chi connectivity index (χ3n) is 3.79. The average Bonchev–Trinajstić information content (AvgIpc) is 2.74. The maximum absolute atomic E-state index is 12.1. The Morgan fingerprint density at radius 1 is 1.25 bits per heavy atom. The van der Waals surface area contributed by atoms with Crippen molar-refractivity contribution in [3.63, 3.8) is 0 Å². The molecule has 1 fully saturated rings. The summed E-state index contributed by atoms with van der Waals surface area (Å²) in [5.41, 5.74) is 1.15. The van der Waals surface area contributed by atoms with E-state index >= 15 is 0 Å². The van der Waals surface area contributed by atoms with Crippen molar-refractivity contribution in [1.82, 2.24) is 9.97 Å². The van der Waals surface area contributed by atoms with E-state index in [1.807, 2.05) is 12.1 Å². The van der Waals surface area contributed by atoms with Gasteiger partial charge in [0.1, 0.15) is 17.3 Å². The molecule has 0 spiro atoms. The topological polar surface area (TPSA) is 72.8 Å². The number of nitrogens with zero attached hydrogens (tertiary/aromatic N) is 3. The molecular formula is C15H16N4O. The molecule has 1 saturated heterocycles. The number of rotatable bonds is 1. The third-order valence-corrected chi connectivity index (χ3v) is 3.79. The normalized spacial score (nSPS) is 15.8. The lowest BCUT2D eigenvalue weighted by atomic mass is 10.1. The molecule has 5 nitrogen and oxygen atoms in total. The fraction of sp³-hybridized carbons (Fsp3) is 0.400. The molecule has 0 radical (unpaired) electrons. The highest BCUT2D eigenvalue weighted by molar-refractivity contribution is 5.92. The number of fused-ring (bicyclic) bond motifs is 1. The van der Waals surface area contributed by atoms with Gasteiger partial charge in [-0.25, -0.2) is 4.98 Å². The molecule has 20 heavy (non-hydrogen) atoms. The van der Waals surface area contributed by atoms with Crippen LogP contribution in [0.3, 0.4) is 0 Å². The molecule has 3 heterocycles. The molecule has 0 bridgehead atoms. The Bertz CT molecular complexity index is 721. The molecule has 0 amide bonds. The number of nitriles is 1. The summed E-state index contributed by atoms with van der Waals surface area (Å²) < 4.78 is 0. The number of anilines is 1. The van der Waals surface area contributed by atoms with Crippen LogP contribution in [0.25, 0.3) is 11.0 Å². The second-order valence-electron chi connectivity index (χ2n) is 5.09. The lowest BCUT2D eigenvalue weighted by Gasteiger charge is -2.24. The molecule has 0 aliphatic carbocycles. The van der Waals surface area contributed by atoms with Gasteiger partial charge in [0.05, 0.1) is 5.69 Å². The highest BCUT2D eigenvalue weighted by Crippen LogP contribution is 2.28. The van der Waals surface area contributed by atoms with Crippen molar-refractivity contribution in [3.8, 4) is 6.07 Å². The molecular weight excluding hydrogens is 252 g/mol. The SMILES string of the molecule is N#Cc1c(N2CCCCCC2)c2cccnc2[nH]c1=O. The fourth-order valence-electron chi connectivity index (χ4n) is 2.83. The number of aromatic amines is 1. The van der Waals surface area contributed by atoms with Crippen LogP contribution < -0.4 is 10.5 Å². The highest BCUT2D eigenvalue weighted by Gasteiger charge is 2.19. The van der Waals surface area contributed by atoms with Crippen molar-refractivity contribution < 1.29 is 0 Å². The van der Waals surface area contributed by atoms with Gasteiger partial charge >= 0.3 is 0 Å². The lowest BCUT2D eigenvalue weighted by molar-refractivity contribution is 0.726. The van der Waals surface area contributed by atoms with Crippen LogP contribution in [-0.2, 0) is 0 Å². The molecule has 1 aliphatic heterocycles. The molecule has 2 aromatic heterocycles. The van der Waals surface area contributed by atoms with Crippen molar-refractivity contribution in [2.24, 2.45) is 0 Å². The zero-order chi connectivity index (χ0) is 13.9. The monoisotopic (exact) mass is 268 g/mol. The Hall–Kier alpha value is -2.35. The van der Waals surface area contributed by atoms with Crippen LogP contribution in [0.1, 0.15) is 31.2 Å². The molecule has 0 saturated carbocycles. The van der Waals surface area contributed by atoms with E-state index in [1.54, 1.807) is 6.20 Å². The van der Waals surface area contributed by atoms with Crippen molar-refractivity contribution in [2.45, 2.75) is 25.7 Å². The highest BCUT2D eigenvalue weighted by atomic mass is 16.1. The van der Waals surface area contributed by atoms with E-state index in [-0.39, 0.29) is 11.1 Å². The van der Waals surface area contributed by atoms with Crippen LogP contribution >= 0.6 is 0 Å². The van der Waals surface area contributed by atoms with Crippen molar-refractivity contribution in [2.75, 3.05) is 18.0 Å². The third kappa shape index (κ3) is 2.14. The summed E-state index contributed by atoms with van der Waals surface area (Å²) in [6, 6.07) is 5.81. The molecule has 1 N–H and O–H groups in total. The minimum atomic E-state index is -0.349. The van der Waals surface area contributed by atoms with Gasteiger partial charge in [-0.1, -0.05) is 12.8 Å². The van der Waals surface area contributed by atoms with E-state index in [9.17, 15) is 10.1 Å². The van der Waals surface area contributed by atoms with E-state index in [0.29, 0.717) is 5.65 Å². The van der Waals surface area contributed by atoms with Gasteiger partial charge in [0.2, 0.25) is 0 Å². The second kappa shape index (κ2) is 5.33. The van der Waals surface area contributed by atoms with Gasteiger partial charge in [0.25, 0.3) is 5.56 Å². The first-order chi connectivity index (χ1) is 9.81. The quantitative estimate of drug-likeness (QED) is 0.860. The smallest absolute Gasteiger partial charge is 0.269 e. The van der Waals surface area contributed by atoms with E-state index in [0.717, 1.165) is 37.0 Å². The van der Waals surface area contributed by atoms with Crippen molar-refractivity contribution >= 4 is 16.7 Å². The van der Waals surface area contributed by atoms with Gasteiger partial charge < -0.3 is 9.88 Å². The summed E-state index contributed by atoms with van der Waals surface area (Å²) in [6.07, 6.45) is 6.25. The molecule has 3 rings (SSSR count). The Morgan fingerprint density at radius 3 is 2.70 bits per heavy atom. The number of hydrogen-bond acceptors (Lipinski definition) is 4. The zero-order valence-electron chi connectivity index (χ0n) is 11.2. The Balaban J connectivity index is 2.25. The number of pyridine rings is 2. The summed E-state index contributed by atoms with van der Waals surface area (Å²) in [4.78, 5) is 21.1. The largest absolute Gasteiger partial charge is 0.370 e. The number of nitrogens with one attached hydrogen (secondary N) is 1. The predicted octanol–water partition coefficient (Wildman–Crippen LogP) is 2.18. The van der Waals surface area contributed by atoms with Gasteiger partial charge in [-0.05, 0) is 25.0 Å². The van der Waals surface area contributed by atoms with Crippen LogP contribution in [0.4, 0.5) is 5.69 Å². The van der Waals surface area contributed by atoms with Crippen molar-refractivity contribution in [3.05, 3.63) is 34.2 Å². The zero-order valence-corrected chi connectivity index (χ0v) is 11.2. The number of hydrogen-bond donors (Lipinski definition) is 1. The van der Waals surface area contributed by atoms with Gasteiger partial charge in [-0.15, -0.1) is 0 Å². The Labute approximate surface area is 116 Å². The van der Waals surface area contributed by atoms with E-state index in [4.69, 9.17) is 0 Å². The fourth-order valence-corrected chi connectivity index (χ4v) is 2.83. The molecule has 5 heteroatoms. The van der Waals surface area contributed by atoms with Gasteiger partial charge in [0.15, 0.2) is 0 Å². The predicted molar refractivity (Wildman–Crippen MR) is 77.8 cm³/mol. The summed E-state index contributed by atoms with van der Waals surface area (Å²) >= 11 is 0. The Morgan fingerprint density at radius 2 is 2.00 bits per heavy atom.